The number of primary amides is 1. The molecular weight excluding hydrogens is 282 g/mol. The SMILES string of the molecule is CC1=C(n2c(N)c(C(N)=O)c3nccnc32)C(C)CC=C1O. The van der Waals surface area contributed by atoms with Gasteiger partial charge in [0.15, 0.2) is 5.65 Å². The number of nitrogens with two attached hydrogens (primary N) is 2. The number of nitrogens with zero attached hydrogens (tertiary/aromatic N) is 3. The molecule has 22 heavy (non-hydrogen) atoms. The number of aliphatic hydroxyl groups excluding tert-OH is 1. The fourth-order valence-corrected chi connectivity index (χ4v) is 2.95. The number of rotatable bonds is 2. The Bertz CT molecular complexity index is 847. The van der Waals surface area contributed by atoms with Crippen molar-refractivity contribution in [2.45, 2.75) is 20.3 Å². The molecule has 0 saturated heterocycles. The zero-order chi connectivity index (χ0) is 16.0. The number of hydrogen-bond donors (Lipinski definition) is 3. The van der Waals surface area contributed by atoms with Crippen LogP contribution in [-0.4, -0.2) is 25.5 Å². The standard InChI is InChI=1S/C15H17N5O2/c1-7-3-4-9(21)8(2)12(7)20-13(16)10(14(17)22)11-15(20)19-6-5-18-11/h4-7,21H,3,16H2,1-2H3,(H2,17,22). The third kappa shape index (κ3) is 1.86. The molecule has 1 amide bonds. The summed E-state index contributed by atoms with van der Waals surface area (Å²) in [5, 5.41) is 10.0. The number of aromatic nitrogens is 3. The largest absolute Gasteiger partial charge is 0.508 e. The highest BCUT2D eigenvalue weighted by atomic mass is 16.3. The van der Waals surface area contributed by atoms with Crippen molar-refractivity contribution in [2.75, 3.05) is 5.73 Å². The second kappa shape index (κ2) is 4.87. The van der Waals surface area contributed by atoms with E-state index >= 15 is 0 Å². The van der Waals surface area contributed by atoms with Crippen LogP contribution in [-0.2, 0) is 0 Å². The number of amides is 1. The topological polar surface area (TPSA) is 120 Å². The van der Waals surface area contributed by atoms with E-state index in [1.54, 1.807) is 10.6 Å². The van der Waals surface area contributed by atoms with Crippen LogP contribution in [0.5, 0.6) is 0 Å². The second-order valence-electron chi connectivity index (χ2n) is 5.42. The zero-order valence-electron chi connectivity index (χ0n) is 12.4. The highest BCUT2D eigenvalue weighted by molar-refractivity contribution is 6.09. The van der Waals surface area contributed by atoms with Crippen molar-refractivity contribution in [3.8, 4) is 0 Å². The number of carbonyl (C=O) groups excluding carboxylic acids is 1. The lowest BCUT2D eigenvalue weighted by Crippen LogP contribution is -2.17. The summed E-state index contributed by atoms with van der Waals surface area (Å²) in [6.45, 7) is 3.83. The summed E-state index contributed by atoms with van der Waals surface area (Å²) in [5.41, 5.74) is 14.1. The number of aliphatic hydroxyl groups is 1. The summed E-state index contributed by atoms with van der Waals surface area (Å²) < 4.78 is 1.67. The fourth-order valence-electron chi connectivity index (χ4n) is 2.95. The molecule has 3 rings (SSSR count). The quantitative estimate of drug-likeness (QED) is 0.781. The maximum Gasteiger partial charge on any atom is 0.254 e. The summed E-state index contributed by atoms with van der Waals surface area (Å²) in [5.74, 6) is -0.136. The maximum atomic E-state index is 11.7. The molecule has 2 heterocycles. The number of carbonyl (C=O) groups is 1. The van der Waals surface area contributed by atoms with Gasteiger partial charge in [0.05, 0.1) is 0 Å². The molecular formula is C15H17N5O2. The number of nitrogen functional groups attached to an aromatic ring is 1. The Balaban J connectivity index is 2.42. The fraction of sp³-hybridized carbons (Fsp3) is 0.267. The van der Waals surface area contributed by atoms with E-state index in [0.717, 1.165) is 5.70 Å². The highest BCUT2D eigenvalue weighted by Crippen LogP contribution is 2.37. The van der Waals surface area contributed by atoms with Crippen molar-refractivity contribution in [3.63, 3.8) is 0 Å². The van der Waals surface area contributed by atoms with E-state index in [1.807, 2.05) is 13.8 Å². The first kappa shape index (κ1) is 14.1. The molecule has 1 unspecified atom stereocenters. The van der Waals surface area contributed by atoms with Crippen LogP contribution in [0.3, 0.4) is 0 Å². The third-order valence-electron chi connectivity index (χ3n) is 4.01. The zero-order valence-corrected chi connectivity index (χ0v) is 12.4. The summed E-state index contributed by atoms with van der Waals surface area (Å²) in [6.07, 6.45) is 5.46. The second-order valence-corrected chi connectivity index (χ2v) is 5.42. The molecule has 5 N–H and O–H groups in total. The minimum Gasteiger partial charge on any atom is -0.508 e. The summed E-state index contributed by atoms with van der Waals surface area (Å²) in [6, 6.07) is 0. The third-order valence-corrected chi connectivity index (χ3v) is 4.01. The Morgan fingerprint density at radius 1 is 1.41 bits per heavy atom. The number of anilines is 1. The molecule has 2 aromatic rings. The van der Waals surface area contributed by atoms with Gasteiger partial charge in [0.2, 0.25) is 0 Å². The Morgan fingerprint density at radius 3 is 2.77 bits per heavy atom. The van der Waals surface area contributed by atoms with Crippen molar-refractivity contribution in [2.24, 2.45) is 11.7 Å². The first-order chi connectivity index (χ1) is 10.4. The molecule has 114 valence electrons. The Morgan fingerprint density at radius 2 is 2.09 bits per heavy atom. The Hall–Kier alpha value is -2.83. The van der Waals surface area contributed by atoms with Gasteiger partial charge in [-0.2, -0.15) is 0 Å². The molecule has 1 atom stereocenters. The molecule has 0 aliphatic heterocycles. The van der Waals surface area contributed by atoms with Gasteiger partial charge in [-0.25, -0.2) is 4.98 Å². The van der Waals surface area contributed by atoms with E-state index in [2.05, 4.69) is 9.97 Å². The number of allylic oxidation sites excluding steroid dienone is 3. The monoisotopic (exact) mass is 299 g/mol. The van der Waals surface area contributed by atoms with Gasteiger partial charge in [-0.05, 0) is 19.4 Å². The van der Waals surface area contributed by atoms with Gasteiger partial charge >= 0.3 is 0 Å². The lowest BCUT2D eigenvalue weighted by Gasteiger charge is -2.24. The molecule has 0 saturated carbocycles. The molecule has 0 spiro atoms. The van der Waals surface area contributed by atoms with Crippen molar-refractivity contribution < 1.29 is 9.90 Å². The normalized spacial score (nSPS) is 18.6. The first-order valence-electron chi connectivity index (χ1n) is 6.94. The van der Waals surface area contributed by atoms with Gasteiger partial charge in [0.1, 0.15) is 22.7 Å². The van der Waals surface area contributed by atoms with Crippen LogP contribution in [0.2, 0.25) is 0 Å². The molecule has 1 aliphatic rings. The summed E-state index contributed by atoms with van der Waals surface area (Å²) >= 11 is 0. The van der Waals surface area contributed by atoms with Crippen LogP contribution in [0, 0.1) is 5.92 Å². The van der Waals surface area contributed by atoms with E-state index in [-0.39, 0.29) is 23.1 Å². The molecule has 7 nitrogen and oxygen atoms in total. The predicted octanol–water partition coefficient (Wildman–Crippen LogP) is 1.83. The minimum atomic E-state index is -0.650. The Labute approximate surface area is 127 Å². The molecule has 0 aromatic carbocycles. The van der Waals surface area contributed by atoms with Crippen LogP contribution in [0.1, 0.15) is 30.6 Å². The lowest BCUT2D eigenvalue weighted by molar-refractivity contribution is 0.100. The number of fused-ring (bicyclic) bond motifs is 1. The first-order valence-corrected chi connectivity index (χ1v) is 6.94. The molecule has 1 aliphatic carbocycles. The van der Waals surface area contributed by atoms with E-state index < -0.39 is 5.91 Å². The van der Waals surface area contributed by atoms with Crippen molar-refractivity contribution in [3.05, 3.63) is 35.4 Å². The van der Waals surface area contributed by atoms with Crippen LogP contribution in [0.25, 0.3) is 16.9 Å². The van der Waals surface area contributed by atoms with E-state index in [4.69, 9.17) is 11.5 Å². The van der Waals surface area contributed by atoms with E-state index in [0.29, 0.717) is 23.2 Å². The summed E-state index contributed by atoms with van der Waals surface area (Å²) in [4.78, 5) is 20.2. The van der Waals surface area contributed by atoms with Gasteiger partial charge in [-0.1, -0.05) is 6.92 Å². The smallest absolute Gasteiger partial charge is 0.254 e. The van der Waals surface area contributed by atoms with Gasteiger partial charge in [-0.3, -0.25) is 14.3 Å². The van der Waals surface area contributed by atoms with Crippen LogP contribution in [0.4, 0.5) is 5.82 Å². The average molecular weight is 299 g/mol. The average Bonchev–Trinajstić information content (AvgIpc) is 2.76. The van der Waals surface area contributed by atoms with E-state index in [1.165, 1.54) is 12.4 Å². The van der Waals surface area contributed by atoms with Crippen molar-refractivity contribution in [1.82, 2.24) is 14.5 Å². The molecule has 2 aromatic heterocycles. The predicted molar refractivity (Wildman–Crippen MR) is 83.8 cm³/mol. The van der Waals surface area contributed by atoms with Crippen molar-refractivity contribution >= 4 is 28.6 Å². The highest BCUT2D eigenvalue weighted by Gasteiger charge is 2.28. The van der Waals surface area contributed by atoms with Crippen LogP contribution >= 0.6 is 0 Å². The van der Waals surface area contributed by atoms with Crippen LogP contribution < -0.4 is 11.5 Å². The molecule has 0 fully saturated rings. The van der Waals surface area contributed by atoms with E-state index in [9.17, 15) is 9.90 Å². The van der Waals surface area contributed by atoms with Gasteiger partial charge in [0.25, 0.3) is 5.91 Å². The molecule has 0 radical (unpaired) electrons. The van der Waals surface area contributed by atoms with Crippen LogP contribution in [0.15, 0.2) is 29.8 Å². The van der Waals surface area contributed by atoms with Gasteiger partial charge in [-0.15, -0.1) is 0 Å². The van der Waals surface area contributed by atoms with Gasteiger partial charge in [0, 0.05) is 29.6 Å². The maximum absolute atomic E-state index is 11.7. The Kier molecular flexibility index (Phi) is 3.13. The van der Waals surface area contributed by atoms with Crippen molar-refractivity contribution in [1.29, 1.82) is 0 Å². The molecule has 0 bridgehead atoms. The lowest BCUT2D eigenvalue weighted by atomic mass is 9.93. The summed E-state index contributed by atoms with van der Waals surface area (Å²) in [7, 11) is 0. The minimum absolute atomic E-state index is 0.108. The number of hydrogen-bond acceptors (Lipinski definition) is 5. The molecule has 7 heteroatoms. The van der Waals surface area contributed by atoms with Gasteiger partial charge < -0.3 is 16.6 Å².